The van der Waals surface area contributed by atoms with Crippen LogP contribution in [0.3, 0.4) is 0 Å². The van der Waals surface area contributed by atoms with E-state index < -0.39 is 25.3 Å². The maximum atomic E-state index is 11.9. The van der Waals surface area contributed by atoms with Gasteiger partial charge in [0.2, 0.25) is 20.0 Å². The lowest BCUT2D eigenvalue weighted by Gasteiger charge is -2.16. The average Bonchev–Trinajstić information content (AvgIpc) is 3.13. The van der Waals surface area contributed by atoms with Crippen LogP contribution < -0.4 is 15.0 Å². The van der Waals surface area contributed by atoms with E-state index in [0.717, 1.165) is 43.1 Å². The van der Waals surface area contributed by atoms with E-state index in [4.69, 9.17) is 0 Å². The van der Waals surface area contributed by atoms with Crippen LogP contribution in [0.1, 0.15) is 38.7 Å². The fourth-order valence-electron chi connectivity index (χ4n) is 3.82. The maximum absolute atomic E-state index is 11.9. The van der Waals surface area contributed by atoms with Crippen molar-refractivity contribution in [3.8, 4) is 11.1 Å². The lowest BCUT2D eigenvalue weighted by Crippen LogP contribution is -2.45. The van der Waals surface area contributed by atoms with Gasteiger partial charge in [-0.25, -0.2) is 22.3 Å². The summed E-state index contributed by atoms with van der Waals surface area (Å²) in [6, 6.07) is 15.8. The van der Waals surface area contributed by atoms with E-state index in [9.17, 15) is 16.8 Å². The second kappa shape index (κ2) is 9.68. The first kappa shape index (κ1) is 23.7. The van der Waals surface area contributed by atoms with Gasteiger partial charge in [-0.2, -0.15) is 4.83 Å². The minimum atomic E-state index is -3.31. The molecule has 3 N–H and O–H groups in total. The number of anilines is 1. The Morgan fingerprint density at radius 1 is 0.968 bits per heavy atom. The highest BCUT2D eigenvalue weighted by Crippen LogP contribution is 2.30. The summed E-state index contributed by atoms with van der Waals surface area (Å²) in [5.74, 6) is 0.509. The molecule has 2 unspecified atom stereocenters. The molecule has 0 amide bonds. The third-order valence-corrected chi connectivity index (χ3v) is 7.79. The van der Waals surface area contributed by atoms with Gasteiger partial charge in [0.15, 0.2) is 0 Å². The maximum Gasteiger partial charge on any atom is 0.229 e. The van der Waals surface area contributed by atoms with Crippen molar-refractivity contribution in [2.45, 2.75) is 50.8 Å². The normalized spacial score (nSPS) is 19.6. The van der Waals surface area contributed by atoms with Crippen molar-refractivity contribution in [3.63, 3.8) is 0 Å². The van der Waals surface area contributed by atoms with Gasteiger partial charge in [-0.15, -0.1) is 0 Å². The highest BCUT2D eigenvalue weighted by atomic mass is 32.2. The van der Waals surface area contributed by atoms with E-state index in [1.807, 2.05) is 18.2 Å². The molecule has 1 aliphatic rings. The van der Waals surface area contributed by atoms with Crippen LogP contribution in [0.4, 0.5) is 5.69 Å². The van der Waals surface area contributed by atoms with E-state index in [2.05, 4.69) is 39.2 Å². The van der Waals surface area contributed by atoms with E-state index in [-0.39, 0.29) is 6.04 Å². The zero-order valence-corrected chi connectivity index (χ0v) is 19.8. The van der Waals surface area contributed by atoms with Crippen molar-refractivity contribution >= 4 is 25.7 Å². The molecule has 31 heavy (non-hydrogen) atoms. The van der Waals surface area contributed by atoms with Crippen molar-refractivity contribution in [1.82, 2.24) is 10.3 Å². The summed E-state index contributed by atoms with van der Waals surface area (Å²) in [4.78, 5) is 2.51. The smallest absolute Gasteiger partial charge is 0.229 e. The molecule has 0 saturated heterocycles. The summed E-state index contributed by atoms with van der Waals surface area (Å²) in [5, 5.41) is -0.460. The predicted molar refractivity (Wildman–Crippen MR) is 126 cm³/mol. The van der Waals surface area contributed by atoms with Gasteiger partial charge in [-0.1, -0.05) is 36.4 Å². The first-order valence-corrected chi connectivity index (χ1v) is 13.9. The molecule has 170 valence electrons. The van der Waals surface area contributed by atoms with Gasteiger partial charge >= 0.3 is 0 Å². The van der Waals surface area contributed by atoms with Crippen molar-refractivity contribution in [2.24, 2.45) is 5.92 Å². The highest BCUT2D eigenvalue weighted by molar-refractivity contribution is 7.92. The van der Waals surface area contributed by atoms with E-state index >= 15 is 0 Å². The lowest BCUT2D eigenvalue weighted by molar-refractivity contribution is 0.459. The first-order chi connectivity index (χ1) is 14.5. The quantitative estimate of drug-likeness (QED) is 0.493. The highest BCUT2D eigenvalue weighted by Gasteiger charge is 2.26. The number of sulfonamides is 2. The summed E-state index contributed by atoms with van der Waals surface area (Å²) in [5.41, 5.74) is 6.74. The molecule has 9 heteroatoms. The molecule has 0 heterocycles. The number of hydrazine groups is 1. The van der Waals surface area contributed by atoms with Crippen LogP contribution in [0.15, 0.2) is 48.5 Å². The van der Waals surface area contributed by atoms with Crippen molar-refractivity contribution in [3.05, 3.63) is 54.1 Å². The molecule has 2 aromatic carbocycles. The van der Waals surface area contributed by atoms with Crippen LogP contribution >= 0.6 is 0 Å². The Morgan fingerprint density at radius 3 is 2.32 bits per heavy atom. The second-order valence-electron chi connectivity index (χ2n) is 8.57. The number of benzene rings is 2. The summed E-state index contributed by atoms with van der Waals surface area (Å²) in [6.07, 6.45) is 5.02. The second-order valence-corrected chi connectivity index (χ2v) is 12.6. The van der Waals surface area contributed by atoms with Gasteiger partial charge in [-0.3, -0.25) is 4.72 Å². The molecule has 0 radical (unpaired) electrons. The molecule has 0 aliphatic heterocycles. The zero-order chi connectivity index (χ0) is 22.6. The molecule has 2 atom stereocenters. The standard InChI is InChI=1S/C22H31N3O4S2/c1-16(2)31(28,29)25-23-21-12-9-18(14-21)13-17-7-10-19(11-8-17)20-5-4-6-22(15-20)24-30(3,26)27/h4-8,10-11,15-16,18,21,23-25H,9,12-14H2,1-3H3. The molecular weight excluding hydrogens is 434 g/mol. The zero-order valence-electron chi connectivity index (χ0n) is 18.1. The van der Waals surface area contributed by atoms with Crippen LogP contribution in [-0.2, 0) is 26.5 Å². The molecule has 0 spiro atoms. The monoisotopic (exact) mass is 465 g/mol. The molecule has 0 aromatic heterocycles. The molecule has 2 aromatic rings. The van der Waals surface area contributed by atoms with Crippen molar-refractivity contribution < 1.29 is 16.8 Å². The van der Waals surface area contributed by atoms with Gasteiger partial charge in [0.25, 0.3) is 0 Å². The third kappa shape index (κ3) is 7.03. The minimum Gasteiger partial charge on any atom is -0.284 e. The Balaban J connectivity index is 1.56. The fraction of sp³-hybridized carbons (Fsp3) is 0.455. The third-order valence-electron chi connectivity index (χ3n) is 5.54. The fourth-order valence-corrected chi connectivity index (χ4v) is 4.94. The Kier molecular flexibility index (Phi) is 7.41. The molecule has 7 nitrogen and oxygen atoms in total. The van der Waals surface area contributed by atoms with Crippen LogP contribution in [0.5, 0.6) is 0 Å². The molecule has 1 saturated carbocycles. The van der Waals surface area contributed by atoms with Crippen LogP contribution in [0.25, 0.3) is 11.1 Å². The van der Waals surface area contributed by atoms with Crippen molar-refractivity contribution in [2.75, 3.05) is 11.0 Å². The number of rotatable bonds is 9. The summed E-state index contributed by atoms with van der Waals surface area (Å²) >= 11 is 0. The molecule has 3 rings (SSSR count). The molecular formula is C22H31N3O4S2. The van der Waals surface area contributed by atoms with E-state index in [1.165, 1.54) is 5.56 Å². The Morgan fingerprint density at radius 2 is 1.68 bits per heavy atom. The van der Waals surface area contributed by atoms with Crippen LogP contribution in [-0.4, -0.2) is 34.4 Å². The topological polar surface area (TPSA) is 104 Å². The number of hydrogen-bond acceptors (Lipinski definition) is 5. The van der Waals surface area contributed by atoms with E-state index in [0.29, 0.717) is 11.6 Å². The molecule has 0 bridgehead atoms. The number of hydrogen-bond donors (Lipinski definition) is 3. The Bertz CT molecular complexity index is 1100. The average molecular weight is 466 g/mol. The summed E-state index contributed by atoms with van der Waals surface area (Å²) in [6.45, 7) is 3.31. The largest absolute Gasteiger partial charge is 0.284 e. The van der Waals surface area contributed by atoms with Gasteiger partial charge in [0, 0.05) is 11.7 Å². The summed E-state index contributed by atoms with van der Waals surface area (Å²) < 4.78 is 49.2. The van der Waals surface area contributed by atoms with Crippen molar-refractivity contribution in [1.29, 1.82) is 0 Å². The van der Waals surface area contributed by atoms with Crippen LogP contribution in [0.2, 0.25) is 0 Å². The summed E-state index contributed by atoms with van der Waals surface area (Å²) in [7, 11) is -6.62. The Hall–Kier alpha value is -1.94. The van der Waals surface area contributed by atoms with Gasteiger partial charge in [-0.05, 0) is 74.3 Å². The molecule has 1 fully saturated rings. The van der Waals surface area contributed by atoms with Crippen LogP contribution in [0, 0.1) is 5.92 Å². The first-order valence-electron chi connectivity index (χ1n) is 10.4. The minimum absolute atomic E-state index is 0.155. The SMILES string of the molecule is CC(C)S(=O)(=O)NNC1CCC(Cc2ccc(-c3cccc(NS(C)(=O)=O)c3)cc2)C1. The predicted octanol–water partition coefficient (Wildman–Crippen LogP) is 3.27. The Labute approximate surface area is 185 Å². The van der Waals surface area contributed by atoms with Gasteiger partial charge in [0.05, 0.1) is 11.5 Å². The lowest BCUT2D eigenvalue weighted by atomic mass is 9.96. The number of nitrogens with one attached hydrogen (secondary N) is 3. The molecule has 1 aliphatic carbocycles. The van der Waals surface area contributed by atoms with Gasteiger partial charge in [0.1, 0.15) is 0 Å². The van der Waals surface area contributed by atoms with Gasteiger partial charge < -0.3 is 0 Å². The van der Waals surface area contributed by atoms with E-state index in [1.54, 1.807) is 19.9 Å².